The molecule has 0 saturated carbocycles. The van der Waals surface area contributed by atoms with Crippen molar-refractivity contribution in [1.29, 1.82) is 0 Å². The van der Waals surface area contributed by atoms with Crippen LogP contribution in [0.15, 0.2) is 12.2 Å². The van der Waals surface area contributed by atoms with Crippen molar-refractivity contribution in [1.82, 2.24) is 0 Å². The zero-order chi connectivity index (χ0) is 10.8. The lowest BCUT2D eigenvalue weighted by atomic mass is 10.1. The lowest BCUT2D eigenvalue weighted by Crippen LogP contribution is -2.20. The standard InChI is InChI=1S/C12H22O2/c1-4-6-7-8-10-12(14-3)11(13)9-5-2/h5,9,12H,4,6-8,10H2,1-3H3. The molecular formula is C12H22O2. The summed E-state index contributed by atoms with van der Waals surface area (Å²) < 4.78 is 5.14. The van der Waals surface area contributed by atoms with Crippen molar-refractivity contribution >= 4 is 5.78 Å². The van der Waals surface area contributed by atoms with Gasteiger partial charge in [-0.05, 0) is 19.4 Å². The molecule has 0 aliphatic carbocycles. The molecular weight excluding hydrogens is 176 g/mol. The van der Waals surface area contributed by atoms with E-state index in [1.165, 1.54) is 19.3 Å². The second-order valence-corrected chi connectivity index (χ2v) is 3.48. The van der Waals surface area contributed by atoms with Gasteiger partial charge in [0.2, 0.25) is 0 Å². The van der Waals surface area contributed by atoms with Gasteiger partial charge in [-0.15, -0.1) is 0 Å². The van der Waals surface area contributed by atoms with Gasteiger partial charge in [0, 0.05) is 7.11 Å². The number of rotatable bonds is 8. The first kappa shape index (κ1) is 13.4. The van der Waals surface area contributed by atoms with Crippen LogP contribution in [0.1, 0.15) is 46.0 Å². The highest BCUT2D eigenvalue weighted by atomic mass is 16.5. The Hall–Kier alpha value is -0.630. The topological polar surface area (TPSA) is 26.3 Å². The van der Waals surface area contributed by atoms with Gasteiger partial charge < -0.3 is 4.74 Å². The largest absolute Gasteiger partial charge is 0.373 e. The number of ether oxygens (including phenoxy) is 1. The van der Waals surface area contributed by atoms with E-state index in [4.69, 9.17) is 4.74 Å². The zero-order valence-electron chi connectivity index (χ0n) is 9.58. The lowest BCUT2D eigenvalue weighted by Gasteiger charge is -2.11. The molecule has 0 aromatic rings. The van der Waals surface area contributed by atoms with Crippen LogP contribution in [0.25, 0.3) is 0 Å². The monoisotopic (exact) mass is 198 g/mol. The lowest BCUT2D eigenvalue weighted by molar-refractivity contribution is -0.124. The third-order valence-electron chi connectivity index (χ3n) is 2.25. The predicted molar refractivity (Wildman–Crippen MR) is 59.4 cm³/mol. The Balaban J connectivity index is 3.73. The first-order chi connectivity index (χ1) is 6.76. The van der Waals surface area contributed by atoms with Crippen molar-refractivity contribution in [2.24, 2.45) is 0 Å². The highest BCUT2D eigenvalue weighted by Crippen LogP contribution is 2.09. The molecule has 0 saturated heterocycles. The second kappa shape index (κ2) is 8.95. The normalized spacial score (nSPS) is 13.4. The molecule has 82 valence electrons. The molecule has 0 N–H and O–H groups in total. The van der Waals surface area contributed by atoms with Crippen LogP contribution < -0.4 is 0 Å². The van der Waals surface area contributed by atoms with Crippen LogP contribution in [0.3, 0.4) is 0 Å². The van der Waals surface area contributed by atoms with Crippen molar-refractivity contribution in [2.75, 3.05) is 7.11 Å². The molecule has 1 unspecified atom stereocenters. The van der Waals surface area contributed by atoms with Crippen LogP contribution in [0.4, 0.5) is 0 Å². The molecule has 0 radical (unpaired) electrons. The van der Waals surface area contributed by atoms with Crippen molar-refractivity contribution in [2.45, 2.75) is 52.1 Å². The number of hydrogen-bond acceptors (Lipinski definition) is 2. The highest BCUT2D eigenvalue weighted by molar-refractivity contribution is 5.93. The van der Waals surface area contributed by atoms with Crippen molar-refractivity contribution in [3.05, 3.63) is 12.2 Å². The van der Waals surface area contributed by atoms with Gasteiger partial charge >= 0.3 is 0 Å². The first-order valence-electron chi connectivity index (χ1n) is 5.45. The summed E-state index contributed by atoms with van der Waals surface area (Å²) in [4.78, 5) is 11.4. The summed E-state index contributed by atoms with van der Waals surface area (Å²) in [6.45, 7) is 4.03. The molecule has 0 fully saturated rings. The maximum absolute atomic E-state index is 11.4. The zero-order valence-corrected chi connectivity index (χ0v) is 9.58. The summed E-state index contributed by atoms with van der Waals surface area (Å²) in [6.07, 6.45) is 8.71. The van der Waals surface area contributed by atoms with Crippen LogP contribution in [0.5, 0.6) is 0 Å². The number of carbonyl (C=O) groups is 1. The molecule has 2 heteroatoms. The predicted octanol–water partition coefficient (Wildman–Crippen LogP) is 3.12. The van der Waals surface area contributed by atoms with Crippen LogP contribution in [-0.4, -0.2) is 19.0 Å². The van der Waals surface area contributed by atoms with Gasteiger partial charge in [0.1, 0.15) is 6.10 Å². The van der Waals surface area contributed by atoms with Crippen LogP contribution in [-0.2, 0) is 9.53 Å². The van der Waals surface area contributed by atoms with Crippen LogP contribution in [0.2, 0.25) is 0 Å². The molecule has 1 atom stereocenters. The Morgan fingerprint density at radius 1 is 1.36 bits per heavy atom. The van der Waals surface area contributed by atoms with E-state index in [9.17, 15) is 4.79 Å². The average molecular weight is 198 g/mol. The minimum atomic E-state index is -0.233. The number of hydrogen-bond donors (Lipinski definition) is 0. The number of ketones is 1. The van der Waals surface area contributed by atoms with Gasteiger partial charge in [-0.25, -0.2) is 0 Å². The summed E-state index contributed by atoms with van der Waals surface area (Å²) in [7, 11) is 1.60. The van der Waals surface area contributed by atoms with E-state index in [1.54, 1.807) is 19.3 Å². The summed E-state index contributed by atoms with van der Waals surface area (Å²) in [5.74, 6) is 0.0894. The van der Waals surface area contributed by atoms with Crippen LogP contribution >= 0.6 is 0 Å². The molecule has 0 aromatic carbocycles. The third kappa shape index (κ3) is 5.92. The number of allylic oxidation sites excluding steroid dienone is 1. The number of carbonyl (C=O) groups excluding carboxylic acids is 1. The highest BCUT2D eigenvalue weighted by Gasteiger charge is 2.13. The van der Waals surface area contributed by atoms with Gasteiger partial charge in [-0.3, -0.25) is 4.79 Å². The fourth-order valence-corrected chi connectivity index (χ4v) is 1.40. The fraction of sp³-hybridized carbons (Fsp3) is 0.750. The second-order valence-electron chi connectivity index (χ2n) is 3.48. The Morgan fingerprint density at radius 3 is 2.57 bits per heavy atom. The Kier molecular flexibility index (Phi) is 8.54. The minimum absolute atomic E-state index is 0.0894. The molecule has 0 rings (SSSR count). The Bertz CT molecular complexity index is 173. The van der Waals surface area contributed by atoms with Crippen molar-refractivity contribution < 1.29 is 9.53 Å². The van der Waals surface area contributed by atoms with Crippen LogP contribution in [0, 0.1) is 0 Å². The molecule has 14 heavy (non-hydrogen) atoms. The molecule has 0 heterocycles. The molecule has 0 spiro atoms. The first-order valence-corrected chi connectivity index (χ1v) is 5.45. The van der Waals surface area contributed by atoms with Gasteiger partial charge in [-0.2, -0.15) is 0 Å². The van der Waals surface area contributed by atoms with Gasteiger partial charge in [0.15, 0.2) is 5.78 Å². The Labute approximate surface area is 87.3 Å². The molecule has 0 amide bonds. The van der Waals surface area contributed by atoms with Crippen molar-refractivity contribution in [3.8, 4) is 0 Å². The maximum atomic E-state index is 11.4. The fourth-order valence-electron chi connectivity index (χ4n) is 1.40. The number of unbranched alkanes of at least 4 members (excludes halogenated alkanes) is 3. The minimum Gasteiger partial charge on any atom is -0.373 e. The van der Waals surface area contributed by atoms with Gasteiger partial charge in [0.05, 0.1) is 0 Å². The Morgan fingerprint density at radius 2 is 2.07 bits per heavy atom. The van der Waals surface area contributed by atoms with Gasteiger partial charge in [0.25, 0.3) is 0 Å². The quantitative estimate of drug-likeness (QED) is 0.442. The molecule has 0 aliphatic rings. The van der Waals surface area contributed by atoms with E-state index in [0.717, 1.165) is 12.8 Å². The van der Waals surface area contributed by atoms with E-state index in [1.807, 2.05) is 6.92 Å². The van der Waals surface area contributed by atoms with E-state index in [-0.39, 0.29) is 11.9 Å². The van der Waals surface area contributed by atoms with E-state index < -0.39 is 0 Å². The molecule has 0 aromatic heterocycles. The smallest absolute Gasteiger partial charge is 0.184 e. The average Bonchev–Trinajstić information content (AvgIpc) is 2.18. The van der Waals surface area contributed by atoms with E-state index >= 15 is 0 Å². The molecule has 0 aliphatic heterocycles. The maximum Gasteiger partial charge on any atom is 0.184 e. The number of methoxy groups -OCH3 is 1. The molecule has 0 bridgehead atoms. The van der Waals surface area contributed by atoms with E-state index in [0.29, 0.717) is 0 Å². The summed E-state index contributed by atoms with van der Waals surface area (Å²) in [6, 6.07) is 0. The van der Waals surface area contributed by atoms with E-state index in [2.05, 4.69) is 6.92 Å². The molecule has 2 nitrogen and oxygen atoms in total. The summed E-state index contributed by atoms with van der Waals surface area (Å²) in [5, 5.41) is 0. The third-order valence-corrected chi connectivity index (χ3v) is 2.25. The van der Waals surface area contributed by atoms with Crippen molar-refractivity contribution in [3.63, 3.8) is 0 Å². The SMILES string of the molecule is CC=CC(=O)C(CCCCCC)OC. The summed E-state index contributed by atoms with van der Waals surface area (Å²) in [5.41, 5.74) is 0. The summed E-state index contributed by atoms with van der Waals surface area (Å²) >= 11 is 0. The van der Waals surface area contributed by atoms with Gasteiger partial charge in [-0.1, -0.05) is 38.7 Å².